The first-order chi connectivity index (χ1) is 12.4. The summed E-state index contributed by atoms with van der Waals surface area (Å²) in [6, 6.07) is 6.60. The van der Waals surface area contributed by atoms with E-state index >= 15 is 0 Å². The van der Waals surface area contributed by atoms with Crippen LogP contribution in [-0.4, -0.2) is 49.4 Å². The molecule has 0 spiro atoms. The summed E-state index contributed by atoms with van der Waals surface area (Å²) in [5.74, 6) is -1.45. The van der Waals surface area contributed by atoms with E-state index in [9.17, 15) is 19.2 Å². The molecular formula is C18H23N3O5. The van der Waals surface area contributed by atoms with E-state index in [1.54, 1.807) is 36.1 Å². The molecule has 1 atom stereocenters. The number of carbonyl (C=O) groups is 4. The highest BCUT2D eigenvalue weighted by molar-refractivity contribution is 5.98. The Kier molecular flexibility index (Phi) is 6.71. The van der Waals surface area contributed by atoms with Crippen LogP contribution in [0.3, 0.4) is 0 Å². The molecule has 0 aromatic heterocycles. The van der Waals surface area contributed by atoms with E-state index in [1.807, 2.05) is 0 Å². The third-order valence-electron chi connectivity index (χ3n) is 3.94. The number of hydrogen-bond acceptors (Lipinski definition) is 5. The largest absolute Gasteiger partial charge is 0.451 e. The minimum absolute atomic E-state index is 0.0752. The van der Waals surface area contributed by atoms with Gasteiger partial charge in [0.2, 0.25) is 5.91 Å². The lowest BCUT2D eigenvalue weighted by Crippen LogP contribution is -2.38. The van der Waals surface area contributed by atoms with Gasteiger partial charge in [-0.05, 0) is 44.5 Å². The molecule has 1 aromatic rings. The van der Waals surface area contributed by atoms with Crippen LogP contribution in [0.4, 0.5) is 5.69 Å². The van der Waals surface area contributed by atoms with Crippen molar-refractivity contribution in [2.75, 3.05) is 24.5 Å². The lowest BCUT2D eigenvalue weighted by molar-refractivity contribution is -0.153. The van der Waals surface area contributed by atoms with Crippen molar-refractivity contribution in [1.29, 1.82) is 0 Å². The molecule has 26 heavy (non-hydrogen) atoms. The molecular weight excluding hydrogens is 338 g/mol. The first kappa shape index (κ1) is 19.4. The van der Waals surface area contributed by atoms with Gasteiger partial charge >= 0.3 is 5.97 Å². The third kappa shape index (κ3) is 5.05. The van der Waals surface area contributed by atoms with Crippen LogP contribution in [0, 0.1) is 0 Å². The van der Waals surface area contributed by atoms with Crippen molar-refractivity contribution in [3.05, 3.63) is 29.8 Å². The first-order valence-corrected chi connectivity index (χ1v) is 8.58. The zero-order valence-electron chi connectivity index (χ0n) is 14.9. The van der Waals surface area contributed by atoms with E-state index in [0.29, 0.717) is 25.1 Å². The Morgan fingerprint density at radius 1 is 1.19 bits per heavy atom. The fourth-order valence-electron chi connectivity index (χ4n) is 2.58. The molecule has 2 N–H and O–H groups in total. The van der Waals surface area contributed by atoms with Crippen LogP contribution >= 0.6 is 0 Å². The molecule has 1 fully saturated rings. The molecule has 0 radical (unpaired) electrons. The van der Waals surface area contributed by atoms with Crippen LogP contribution < -0.4 is 15.5 Å². The van der Waals surface area contributed by atoms with Gasteiger partial charge in [-0.25, -0.2) is 0 Å². The lowest BCUT2D eigenvalue weighted by Gasteiger charge is -2.16. The minimum Gasteiger partial charge on any atom is -0.451 e. The second kappa shape index (κ2) is 8.98. The van der Waals surface area contributed by atoms with Crippen molar-refractivity contribution in [2.45, 2.75) is 32.8 Å². The maximum atomic E-state index is 12.1. The molecule has 2 rings (SSSR count). The Labute approximate surface area is 151 Å². The van der Waals surface area contributed by atoms with Crippen molar-refractivity contribution in [2.24, 2.45) is 0 Å². The predicted molar refractivity (Wildman–Crippen MR) is 94.6 cm³/mol. The highest BCUT2D eigenvalue weighted by atomic mass is 16.5. The summed E-state index contributed by atoms with van der Waals surface area (Å²) < 4.78 is 4.94. The Bertz CT molecular complexity index is 687. The number of benzene rings is 1. The topological polar surface area (TPSA) is 105 Å². The standard InChI is InChI=1S/C18H23N3O5/c1-3-19-17(24)12(2)26-16(23)11-20-18(25)13-6-8-14(9-7-13)21-10-4-5-15(21)22/h6-9,12H,3-5,10-11H2,1-2H3,(H,19,24)(H,20,25)/t12-/m0/s1. The van der Waals surface area contributed by atoms with E-state index in [2.05, 4.69) is 10.6 Å². The number of hydrogen-bond donors (Lipinski definition) is 2. The number of likely N-dealkylation sites (N-methyl/N-ethyl adjacent to an activating group) is 1. The number of carbonyl (C=O) groups excluding carboxylic acids is 4. The van der Waals surface area contributed by atoms with Gasteiger partial charge in [0.25, 0.3) is 11.8 Å². The number of anilines is 1. The molecule has 0 bridgehead atoms. The molecule has 1 saturated heterocycles. The molecule has 0 aliphatic carbocycles. The molecule has 140 valence electrons. The monoisotopic (exact) mass is 361 g/mol. The van der Waals surface area contributed by atoms with Crippen molar-refractivity contribution in [1.82, 2.24) is 10.6 Å². The first-order valence-electron chi connectivity index (χ1n) is 8.58. The van der Waals surface area contributed by atoms with Gasteiger partial charge in [0.1, 0.15) is 6.54 Å². The summed E-state index contributed by atoms with van der Waals surface area (Å²) in [6.45, 7) is 4.01. The van der Waals surface area contributed by atoms with E-state index in [1.165, 1.54) is 6.92 Å². The van der Waals surface area contributed by atoms with E-state index in [4.69, 9.17) is 4.74 Å². The number of esters is 1. The Morgan fingerprint density at radius 2 is 1.88 bits per heavy atom. The molecule has 3 amide bonds. The Balaban J connectivity index is 1.83. The van der Waals surface area contributed by atoms with Crippen LogP contribution in [0.1, 0.15) is 37.0 Å². The number of rotatable bonds is 7. The van der Waals surface area contributed by atoms with Gasteiger partial charge in [-0.1, -0.05) is 0 Å². The van der Waals surface area contributed by atoms with Crippen LogP contribution in [0.15, 0.2) is 24.3 Å². The second-order valence-electron chi connectivity index (χ2n) is 5.91. The van der Waals surface area contributed by atoms with Gasteiger partial charge in [-0.3, -0.25) is 19.2 Å². The Morgan fingerprint density at radius 3 is 2.46 bits per heavy atom. The van der Waals surface area contributed by atoms with E-state index in [-0.39, 0.29) is 18.4 Å². The lowest BCUT2D eigenvalue weighted by atomic mass is 10.2. The summed E-state index contributed by atoms with van der Waals surface area (Å²) >= 11 is 0. The molecule has 8 heteroatoms. The summed E-state index contributed by atoms with van der Waals surface area (Å²) in [4.78, 5) is 48.7. The Hall–Kier alpha value is -2.90. The third-order valence-corrected chi connectivity index (χ3v) is 3.94. The quantitative estimate of drug-likeness (QED) is 0.693. The summed E-state index contributed by atoms with van der Waals surface area (Å²) in [7, 11) is 0. The molecule has 1 heterocycles. The van der Waals surface area contributed by atoms with Crippen molar-refractivity contribution < 1.29 is 23.9 Å². The zero-order chi connectivity index (χ0) is 19.1. The van der Waals surface area contributed by atoms with E-state index < -0.39 is 18.0 Å². The van der Waals surface area contributed by atoms with Crippen molar-refractivity contribution >= 4 is 29.4 Å². The van der Waals surface area contributed by atoms with Crippen LogP contribution in [-0.2, 0) is 19.1 Å². The second-order valence-corrected chi connectivity index (χ2v) is 5.91. The summed E-state index contributed by atoms with van der Waals surface area (Å²) in [5.41, 5.74) is 1.11. The van der Waals surface area contributed by atoms with E-state index in [0.717, 1.165) is 12.1 Å². The van der Waals surface area contributed by atoms with Gasteiger partial charge in [-0.2, -0.15) is 0 Å². The van der Waals surface area contributed by atoms with Crippen molar-refractivity contribution in [3.63, 3.8) is 0 Å². The SMILES string of the molecule is CCNC(=O)[C@H](C)OC(=O)CNC(=O)c1ccc(N2CCCC2=O)cc1. The molecule has 0 unspecified atom stereocenters. The maximum Gasteiger partial charge on any atom is 0.326 e. The zero-order valence-corrected chi connectivity index (χ0v) is 14.9. The number of nitrogens with one attached hydrogen (secondary N) is 2. The van der Waals surface area contributed by atoms with Gasteiger partial charge in [0.05, 0.1) is 0 Å². The van der Waals surface area contributed by atoms with Crippen LogP contribution in [0.5, 0.6) is 0 Å². The normalized spacial score (nSPS) is 14.7. The maximum absolute atomic E-state index is 12.1. The predicted octanol–water partition coefficient (Wildman–Crippen LogP) is 0.611. The molecule has 1 aromatic carbocycles. The smallest absolute Gasteiger partial charge is 0.326 e. The minimum atomic E-state index is -0.920. The molecule has 1 aliphatic rings. The van der Waals surface area contributed by atoms with Gasteiger partial charge in [0.15, 0.2) is 6.10 Å². The van der Waals surface area contributed by atoms with Gasteiger partial charge in [-0.15, -0.1) is 0 Å². The molecule has 1 aliphatic heterocycles. The molecule has 8 nitrogen and oxygen atoms in total. The van der Waals surface area contributed by atoms with Crippen LogP contribution in [0.2, 0.25) is 0 Å². The highest BCUT2D eigenvalue weighted by Gasteiger charge is 2.22. The van der Waals surface area contributed by atoms with Gasteiger partial charge in [0, 0.05) is 30.8 Å². The average molecular weight is 361 g/mol. The summed E-state index contributed by atoms with van der Waals surface area (Å²) in [5, 5.41) is 4.99. The highest BCUT2D eigenvalue weighted by Crippen LogP contribution is 2.21. The fraction of sp³-hybridized carbons (Fsp3) is 0.444. The fourth-order valence-corrected chi connectivity index (χ4v) is 2.58. The average Bonchev–Trinajstić information content (AvgIpc) is 3.06. The van der Waals surface area contributed by atoms with Gasteiger partial charge < -0.3 is 20.3 Å². The number of amides is 3. The summed E-state index contributed by atoms with van der Waals surface area (Å²) in [6.07, 6.45) is 0.452. The molecule has 0 saturated carbocycles. The number of ether oxygens (including phenoxy) is 1. The van der Waals surface area contributed by atoms with Crippen LogP contribution in [0.25, 0.3) is 0 Å². The number of nitrogens with zero attached hydrogens (tertiary/aromatic N) is 1. The van der Waals surface area contributed by atoms with Crippen molar-refractivity contribution in [3.8, 4) is 0 Å².